The number of rotatable bonds is 4. The molecular weight excluding hydrogens is 288 g/mol. The molecule has 0 radical (unpaired) electrons. The van der Waals surface area contributed by atoms with Crippen LogP contribution in [0, 0.1) is 6.92 Å². The van der Waals surface area contributed by atoms with Crippen molar-refractivity contribution in [3.63, 3.8) is 0 Å². The number of hydrogen-bond acceptors (Lipinski definition) is 2. The second-order valence-electron chi connectivity index (χ2n) is 4.70. The predicted octanol–water partition coefficient (Wildman–Crippen LogP) is 2.68. The molecule has 0 aliphatic carbocycles. The third kappa shape index (κ3) is 3.83. The maximum absolute atomic E-state index is 12.1. The summed E-state index contributed by atoms with van der Waals surface area (Å²) < 4.78 is 0. The molecule has 0 bridgehead atoms. The van der Waals surface area contributed by atoms with Crippen LogP contribution in [0.2, 0.25) is 5.02 Å². The van der Waals surface area contributed by atoms with Crippen molar-refractivity contribution in [2.24, 2.45) is 5.73 Å². The summed E-state index contributed by atoms with van der Waals surface area (Å²) in [5, 5.41) is 3.43. The van der Waals surface area contributed by atoms with Gasteiger partial charge >= 0.3 is 0 Å². The molecule has 0 saturated carbocycles. The van der Waals surface area contributed by atoms with E-state index in [0.29, 0.717) is 22.7 Å². The Morgan fingerprint density at radius 2 is 1.81 bits per heavy atom. The fourth-order valence-corrected chi connectivity index (χ4v) is 2.04. The van der Waals surface area contributed by atoms with Gasteiger partial charge < -0.3 is 11.1 Å². The van der Waals surface area contributed by atoms with E-state index in [1.165, 1.54) is 6.07 Å². The zero-order chi connectivity index (χ0) is 15.4. The summed E-state index contributed by atoms with van der Waals surface area (Å²) in [6.45, 7) is 2.16. The lowest BCUT2D eigenvalue weighted by Crippen LogP contribution is -2.23. The maximum Gasteiger partial charge on any atom is 0.251 e. The Morgan fingerprint density at radius 3 is 2.43 bits per heavy atom. The summed E-state index contributed by atoms with van der Waals surface area (Å²) in [5.41, 5.74) is 7.73. The topological polar surface area (TPSA) is 72.2 Å². The highest BCUT2D eigenvalue weighted by molar-refractivity contribution is 6.30. The molecule has 5 heteroatoms. The molecule has 0 unspecified atom stereocenters. The van der Waals surface area contributed by atoms with Crippen LogP contribution in [0.4, 0.5) is 0 Å². The molecule has 0 heterocycles. The van der Waals surface area contributed by atoms with E-state index < -0.39 is 5.91 Å². The molecule has 21 heavy (non-hydrogen) atoms. The first-order valence-corrected chi connectivity index (χ1v) is 6.78. The van der Waals surface area contributed by atoms with E-state index in [-0.39, 0.29) is 5.91 Å². The van der Waals surface area contributed by atoms with Gasteiger partial charge in [0.1, 0.15) is 0 Å². The highest BCUT2D eigenvalue weighted by atomic mass is 35.5. The largest absolute Gasteiger partial charge is 0.366 e. The standard InChI is InChI=1S/C16H15ClN2O2/c1-10-2-5-12(8-14(10)15(18)20)16(21)19-9-11-3-6-13(17)7-4-11/h2-8H,9H2,1H3,(H2,18,20)(H,19,21). The van der Waals surface area contributed by atoms with E-state index in [2.05, 4.69) is 5.32 Å². The number of halogens is 1. The van der Waals surface area contributed by atoms with Gasteiger partial charge in [0.2, 0.25) is 5.91 Å². The molecule has 2 amide bonds. The number of benzene rings is 2. The molecule has 0 saturated heterocycles. The fraction of sp³-hybridized carbons (Fsp3) is 0.125. The Hall–Kier alpha value is -2.33. The van der Waals surface area contributed by atoms with Gasteiger partial charge in [0.05, 0.1) is 0 Å². The Morgan fingerprint density at radius 1 is 1.14 bits per heavy atom. The molecule has 3 N–H and O–H groups in total. The number of hydrogen-bond donors (Lipinski definition) is 2. The molecule has 0 fully saturated rings. The van der Waals surface area contributed by atoms with Crippen molar-refractivity contribution in [1.29, 1.82) is 0 Å². The molecule has 0 aliphatic rings. The first-order valence-electron chi connectivity index (χ1n) is 6.40. The fourth-order valence-electron chi connectivity index (χ4n) is 1.92. The number of nitrogens with one attached hydrogen (secondary N) is 1. The van der Waals surface area contributed by atoms with Crippen molar-refractivity contribution in [2.75, 3.05) is 0 Å². The molecule has 2 aromatic rings. The summed E-state index contributed by atoms with van der Waals surface area (Å²) in [7, 11) is 0. The normalized spacial score (nSPS) is 10.2. The molecule has 0 spiro atoms. The first-order chi connectivity index (χ1) is 9.97. The van der Waals surface area contributed by atoms with Crippen LogP contribution in [0.15, 0.2) is 42.5 Å². The SMILES string of the molecule is Cc1ccc(C(=O)NCc2ccc(Cl)cc2)cc1C(N)=O. The van der Waals surface area contributed by atoms with Gasteiger partial charge in [-0.2, -0.15) is 0 Å². The maximum atomic E-state index is 12.1. The second kappa shape index (κ2) is 6.41. The van der Waals surface area contributed by atoms with Crippen LogP contribution in [0.5, 0.6) is 0 Å². The van der Waals surface area contributed by atoms with Crippen LogP contribution in [0.1, 0.15) is 31.8 Å². The van der Waals surface area contributed by atoms with E-state index in [1.54, 1.807) is 31.2 Å². The average Bonchev–Trinajstić information content (AvgIpc) is 2.46. The molecule has 4 nitrogen and oxygen atoms in total. The number of aryl methyl sites for hydroxylation is 1. The van der Waals surface area contributed by atoms with Gasteiger partial charge in [0, 0.05) is 22.7 Å². The molecular formula is C16H15ClN2O2. The quantitative estimate of drug-likeness (QED) is 0.911. The highest BCUT2D eigenvalue weighted by Crippen LogP contribution is 2.12. The van der Waals surface area contributed by atoms with Crippen molar-refractivity contribution in [1.82, 2.24) is 5.32 Å². The van der Waals surface area contributed by atoms with E-state index in [9.17, 15) is 9.59 Å². The van der Waals surface area contributed by atoms with Crippen LogP contribution < -0.4 is 11.1 Å². The van der Waals surface area contributed by atoms with E-state index in [4.69, 9.17) is 17.3 Å². The number of amides is 2. The smallest absolute Gasteiger partial charge is 0.251 e. The Labute approximate surface area is 127 Å². The minimum atomic E-state index is -0.542. The van der Waals surface area contributed by atoms with Crippen molar-refractivity contribution < 1.29 is 9.59 Å². The Kier molecular flexibility index (Phi) is 4.60. The second-order valence-corrected chi connectivity index (χ2v) is 5.14. The van der Waals surface area contributed by atoms with Gasteiger partial charge in [-0.05, 0) is 42.3 Å². The minimum absolute atomic E-state index is 0.257. The molecule has 108 valence electrons. The zero-order valence-electron chi connectivity index (χ0n) is 11.5. The van der Waals surface area contributed by atoms with Crippen LogP contribution in [-0.2, 0) is 6.54 Å². The van der Waals surface area contributed by atoms with Gasteiger partial charge in [0.25, 0.3) is 5.91 Å². The average molecular weight is 303 g/mol. The molecule has 0 aliphatic heterocycles. The van der Waals surface area contributed by atoms with Crippen molar-refractivity contribution in [2.45, 2.75) is 13.5 Å². The Balaban J connectivity index is 2.08. The third-order valence-electron chi connectivity index (χ3n) is 3.13. The Bertz CT molecular complexity index is 681. The monoisotopic (exact) mass is 302 g/mol. The summed E-state index contributed by atoms with van der Waals surface area (Å²) >= 11 is 5.80. The van der Waals surface area contributed by atoms with Crippen LogP contribution >= 0.6 is 11.6 Å². The van der Waals surface area contributed by atoms with Gasteiger partial charge in [0.15, 0.2) is 0 Å². The lowest BCUT2D eigenvalue weighted by molar-refractivity contribution is 0.0951. The number of carbonyl (C=O) groups is 2. The highest BCUT2D eigenvalue weighted by Gasteiger charge is 2.10. The van der Waals surface area contributed by atoms with E-state index in [0.717, 1.165) is 11.1 Å². The first kappa shape index (κ1) is 15.1. The van der Waals surface area contributed by atoms with Crippen LogP contribution in [0.3, 0.4) is 0 Å². The van der Waals surface area contributed by atoms with Gasteiger partial charge in [-0.1, -0.05) is 29.8 Å². The molecule has 0 aromatic heterocycles. The summed E-state index contributed by atoms with van der Waals surface area (Å²) in [6, 6.07) is 12.1. The van der Waals surface area contributed by atoms with Crippen LogP contribution in [-0.4, -0.2) is 11.8 Å². The molecule has 0 atom stereocenters. The van der Waals surface area contributed by atoms with E-state index in [1.807, 2.05) is 12.1 Å². The van der Waals surface area contributed by atoms with Gasteiger partial charge in [-0.25, -0.2) is 0 Å². The molecule has 2 aromatic carbocycles. The van der Waals surface area contributed by atoms with Crippen molar-refractivity contribution in [3.05, 3.63) is 69.7 Å². The lowest BCUT2D eigenvalue weighted by Gasteiger charge is -2.08. The number of nitrogens with two attached hydrogens (primary N) is 1. The predicted molar refractivity (Wildman–Crippen MR) is 82.3 cm³/mol. The van der Waals surface area contributed by atoms with Gasteiger partial charge in [-0.3, -0.25) is 9.59 Å². The van der Waals surface area contributed by atoms with E-state index >= 15 is 0 Å². The van der Waals surface area contributed by atoms with Crippen molar-refractivity contribution >= 4 is 23.4 Å². The van der Waals surface area contributed by atoms with Crippen molar-refractivity contribution in [3.8, 4) is 0 Å². The zero-order valence-corrected chi connectivity index (χ0v) is 12.3. The van der Waals surface area contributed by atoms with Crippen LogP contribution in [0.25, 0.3) is 0 Å². The lowest BCUT2D eigenvalue weighted by atomic mass is 10.0. The third-order valence-corrected chi connectivity index (χ3v) is 3.38. The number of primary amides is 1. The summed E-state index contributed by atoms with van der Waals surface area (Å²) in [6.07, 6.45) is 0. The van der Waals surface area contributed by atoms with Gasteiger partial charge in [-0.15, -0.1) is 0 Å². The molecule has 2 rings (SSSR count). The summed E-state index contributed by atoms with van der Waals surface area (Å²) in [4.78, 5) is 23.4. The number of carbonyl (C=O) groups excluding carboxylic acids is 2. The summed E-state index contributed by atoms with van der Waals surface area (Å²) in [5.74, 6) is -0.799. The minimum Gasteiger partial charge on any atom is -0.366 e.